The smallest absolute Gasteiger partial charge is 0.187 e. The van der Waals surface area contributed by atoms with Crippen LogP contribution >= 0.6 is 0 Å². The van der Waals surface area contributed by atoms with Crippen LogP contribution in [0, 0.1) is 6.92 Å². The second-order valence-corrected chi connectivity index (χ2v) is 5.75. The molecule has 2 heterocycles. The second-order valence-electron chi connectivity index (χ2n) is 5.75. The van der Waals surface area contributed by atoms with E-state index in [1.165, 1.54) is 0 Å². The molecule has 0 radical (unpaired) electrons. The molecule has 0 aliphatic carbocycles. The highest BCUT2D eigenvalue weighted by Gasteiger charge is 2.13. The lowest BCUT2D eigenvalue weighted by molar-refractivity contribution is 0.475. The van der Waals surface area contributed by atoms with E-state index in [9.17, 15) is 5.11 Å². The van der Waals surface area contributed by atoms with E-state index in [2.05, 4.69) is 10.2 Å². The van der Waals surface area contributed by atoms with E-state index in [1.54, 1.807) is 18.2 Å². The summed E-state index contributed by atoms with van der Waals surface area (Å²) in [6.07, 6.45) is 1.92. The average molecular weight is 328 g/mol. The molecule has 0 saturated carbocycles. The third-order valence-electron chi connectivity index (χ3n) is 3.98. The molecule has 5 nitrogen and oxygen atoms in total. The number of fused-ring (bicyclic) bond motifs is 1. The van der Waals surface area contributed by atoms with Crippen LogP contribution in [0.15, 0.2) is 83.2 Å². The molecule has 0 aliphatic heterocycles. The van der Waals surface area contributed by atoms with Crippen molar-refractivity contribution in [2.45, 2.75) is 6.92 Å². The minimum absolute atomic E-state index is 0.219. The van der Waals surface area contributed by atoms with Gasteiger partial charge in [0.25, 0.3) is 0 Å². The van der Waals surface area contributed by atoms with Crippen LogP contribution in [0.2, 0.25) is 0 Å². The van der Waals surface area contributed by atoms with Gasteiger partial charge in [0.15, 0.2) is 5.82 Å². The first kappa shape index (κ1) is 15.1. The van der Waals surface area contributed by atoms with Gasteiger partial charge in [0, 0.05) is 11.8 Å². The van der Waals surface area contributed by atoms with E-state index in [1.807, 2.05) is 66.1 Å². The number of aromatic hydroxyl groups is 1. The number of imidazole rings is 1. The van der Waals surface area contributed by atoms with Crippen LogP contribution < -0.4 is 0 Å². The van der Waals surface area contributed by atoms with Crippen molar-refractivity contribution >= 4 is 17.2 Å². The largest absolute Gasteiger partial charge is 0.508 e. The Morgan fingerprint density at radius 2 is 1.72 bits per heavy atom. The Bertz CT molecular complexity index is 1070. The average Bonchev–Trinajstić information content (AvgIpc) is 3.00. The molecule has 25 heavy (non-hydrogen) atoms. The Balaban J connectivity index is 1.86. The van der Waals surface area contributed by atoms with E-state index in [0.29, 0.717) is 11.5 Å². The van der Waals surface area contributed by atoms with Crippen molar-refractivity contribution in [3.05, 3.63) is 78.5 Å². The fourth-order valence-electron chi connectivity index (χ4n) is 2.72. The predicted octanol–water partition coefficient (Wildman–Crippen LogP) is 5.43. The van der Waals surface area contributed by atoms with Gasteiger partial charge in [0.2, 0.25) is 0 Å². The molecule has 0 fully saturated rings. The third-order valence-corrected chi connectivity index (χ3v) is 3.98. The van der Waals surface area contributed by atoms with Crippen LogP contribution in [-0.2, 0) is 0 Å². The normalized spacial score (nSPS) is 11.4. The van der Waals surface area contributed by atoms with Gasteiger partial charge in [-0.15, -0.1) is 10.2 Å². The van der Waals surface area contributed by atoms with Crippen molar-refractivity contribution < 1.29 is 5.11 Å². The van der Waals surface area contributed by atoms with Crippen LogP contribution in [0.25, 0.3) is 16.9 Å². The fourth-order valence-corrected chi connectivity index (χ4v) is 2.72. The summed E-state index contributed by atoms with van der Waals surface area (Å²) in [7, 11) is 0. The predicted molar refractivity (Wildman–Crippen MR) is 97.6 cm³/mol. The first-order chi connectivity index (χ1) is 12.2. The van der Waals surface area contributed by atoms with E-state index < -0.39 is 0 Å². The fraction of sp³-hybridized carbons (Fsp3) is 0.0500. The van der Waals surface area contributed by atoms with Gasteiger partial charge >= 0.3 is 0 Å². The van der Waals surface area contributed by atoms with Gasteiger partial charge in [0.1, 0.15) is 17.1 Å². The van der Waals surface area contributed by atoms with Gasteiger partial charge in [-0.1, -0.05) is 36.4 Å². The summed E-state index contributed by atoms with van der Waals surface area (Å²) in [6, 6.07) is 20.8. The molecule has 0 saturated heterocycles. The van der Waals surface area contributed by atoms with Crippen molar-refractivity contribution in [2.24, 2.45) is 10.2 Å². The topological polar surface area (TPSA) is 62.2 Å². The Kier molecular flexibility index (Phi) is 3.74. The zero-order valence-electron chi connectivity index (χ0n) is 13.7. The number of hydrogen-bond acceptors (Lipinski definition) is 4. The quantitative estimate of drug-likeness (QED) is 0.510. The number of nitrogens with zero attached hydrogens (tertiary/aromatic N) is 4. The Morgan fingerprint density at radius 1 is 0.920 bits per heavy atom. The van der Waals surface area contributed by atoms with E-state index in [-0.39, 0.29) is 5.75 Å². The lowest BCUT2D eigenvalue weighted by Gasteiger charge is -2.01. The van der Waals surface area contributed by atoms with E-state index in [4.69, 9.17) is 4.98 Å². The number of benzene rings is 2. The number of hydrogen-bond donors (Lipinski definition) is 1. The second kappa shape index (κ2) is 6.20. The molecule has 0 unspecified atom stereocenters. The van der Waals surface area contributed by atoms with Crippen LogP contribution in [0.4, 0.5) is 11.5 Å². The maximum Gasteiger partial charge on any atom is 0.187 e. The SMILES string of the molecule is Cc1cc(O)ccc1N=Nc1c(-c2ccccc2)nc2ccccn12. The van der Waals surface area contributed by atoms with Crippen LogP contribution in [0.3, 0.4) is 0 Å². The molecule has 122 valence electrons. The van der Waals surface area contributed by atoms with Crippen LogP contribution in [0.5, 0.6) is 5.75 Å². The summed E-state index contributed by atoms with van der Waals surface area (Å²) < 4.78 is 1.92. The van der Waals surface area contributed by atoms with Gasteiger partial charge in [-0.25, -0.2) is 4.98 Å². The molecule has 0 bridgehead atoms. The first-order valence-corrected chi connectivity index (χ1v) is 7.96. The Labute approximate surface area is 144 Å². The number of rotatable bonds is 3. The zero-order chi connectivity index (χ0) is 17.2. The molecule has 4 aromatic rings. The van der Waals surface area contributed by atoms with Crippen molar-refractivity contribution in [2.75, 3.05) is 0 Å². The molecule has 2 aromatic carbocycles. The van der Waals surface area contributed by atoms with Gasteiger partial charge in [-0.05, 0) is 42.8 Å². The molecular formula is C20H16N4O. The zero-order valence-corrected chi connectivity index (χ0v) is 13.7. The summed E-state index contributed by atoms with van der Waals surface area (Å²) in [5.41, 5.74) is 4.16. The van der Waals surface area contributed by atoms with Crippen LogP contribution in [0.1, 0.15) is 5.56 Å². The Hall–Kier alpha value is -3.47. The molecule has 1 N–H and O–H groups in total. The highest BCUT2D eigenvalue weighted by atomic mass is 16.3. The summed E-state index contributed by atoms with van der Waals surface area (Å²) in [5, 5.41) is 18.4. The minimum atomic E-state index is 0.219. The highest BCUT2D eigenvalue weighted by molar-refractivity contribution is 5.74. The minimum Gasteiger partial charge on any atom is -0.508 e. The van der Waals surface area contributed by atoms with Crippen molar-refractivity contribution in [1.82, 2.24) is 9.38 Å². The van der Waals surface area contributed by atoms with E-state index >= 15 is 0 Å². The number of pyridine rings is 1. The summed E-state index contributed by atoms with van der Waals surface area (Å²) in [4.78, 5) is 4.70. The molecule has 0 amide bonds. The van der Waals surface area contributed by atoms with Gasteiger partial charge in [-0.3, -0.25) is 4.40 Å². The molecule has 4 rings (SSSR count). The maximum absolute atomic E-state index is 9.54. The van der Waals surface area contributed by atoms with Crippen molar-refractivity contribution in [3.63, 3.8) is 0 Å². The number of phenols is 1. The molecule has 5 heteroatoms. The standard InChI is InChI=1S/C20H16N4O/c1-14-13-16(25)10-11-17(14)22-23-20-19(15-7-3-2-4-8-15)21-18-9-5-6-12-24(18)20/h2-13,25H,1H3. The lowest BCUT2D eigenvalue weighted by atomic mass is 10.1. The van der Waals surface area contributed by atoms with E-state index in [0.717, 1.165) is 22.5 Å². The monoisotopic (exact) mass is 328 g/mol. The molecule has 0 atom stereocenters. The van der Waals surface area contributed by atoms with Crippen LogP contribution in [-0.4, -0.2) is 14.5 Å². The molecule has 0 aliphatic rings. The molecular weight excluding hydrogens is 312 g/mol. The third kappa shape index (κ3) is 2.87. The summed E-state index contributed by atoms with van der Waals surface area (Å²) in [5.74, 6) is 0.894. The Morgan fingerprint density at radius 3 is 2.52 bits per heavy atom. The van der Waals surface area contributed by atoms with Crippen molar-refractivity contribution in [1.29, 1.82) is 0 Å². The molecule has 0 spiro atoms. The van der Waals surface area contributed by atoms with Crippen molar-refractivity contribution in [3.8, 4) is 17.0 Å². The van der Waals surface area contributed by atoms with Gasteiger partial charge < -0.3 is 5.11 Å². The number of azo groups is 1. The molecule has 2 aromatic heterocycles. The summed E-state index contributed by atoms with van der Waals surface area (Å²) in [6.45, 7) is 1.89. The van der Waals surface area contributed by atoms with Gasteiger partial charge in [0.05, 0.1) is 5.69 Å². The number of aryl methyl sites for hydroxylation is 1. The number of phenolic OH excluding ortho intramolecular Hbond substituents is 1. The van der Waals surface area contributed by atoms with Gasteiger partial charge in [-0.2, -0.15) is 0 Å². The first-order valence-electron chi connectivity index (χ1n) is 7.96. The maximum atomic E-state index is 9.54. The lowest BCUT2D eigenvalue weighted by Crippen LogP contribution is -1.81. The number of aromatic nitrogens is 2. The highest BCUT2D eigenvalue weighted by Crippen LogP contribution is 2.33. The summed E-state index contributed by atoms with van der Waals surface area (Å²) >= 11 is 0.